The van der Waals surface area contributed by atoms with Crippen LogP contribution in [-0.4, -0.2) is 59.0 Å². The minimum atomic E-state index is -0.0509. The van der Waals surface area contributed by atoms with Crippen molar-refractivity contribution in [2.24, 2.45) is 0 Å². The standard InChI is InChI=1S/C25H23N5O2/c1-32-20-8-5-18(6-9-20)21-17-26-16-19-7-10-22(28-24(19)21)25(31)30-14-12-29(13-15-30)23-4-2-3-11-27-23/h2-11,16-17H,12-15H2,1H3. The van der Waals surface area contributed by atoms with Gasteiger partial charge >= 0.3 is 0 Å². The first-order chi connectivity index (χ1) is 15.7. The van der Waals surface area contributed by atoms with Crippen molar-refractivity contribution in [3.8, 4) is 16.9 Å². The Bertz CT molecular complexity index is 1240. The van der Waals surface area contributed by atoms with Crippen LogP contribution in [0, 0.1) is 0 Å². The van der Waals surface area contributed by atoms with E-state index in [0.29, 0.717) is 18.8 Å². The van der Waals surface area contributed by atoms with E-state index >= 15 is 0 Å². The first kappa shape index (κ1) is 19.9. The normalized spacial score (nSPS) is 13.9. The molecule has 0 N–H and O–H groups in total. The number of hydrogen-bond donors (Lipinski definition) is 0. The van der Waals surface area contributed by atoms with E-state index in [2.05, 4.69) is 14.9 Å². The van der Waals surface area contributed by atoms with Crippen LogP contribution in [0.4, 0.5) is 5.82 Å². The molecular formula is C25H23N5O2. The molecule has 0 atom stereocenters. The second-order valence-electron chi connectivity index (χ2n) is 7.65. The zero-order chi connectivity index (χ0) is 21.9. The Hall–Kier alpha value is -4.00. The van der Waals surface area contributed by atoms with Crippen molar-refractivity contribution in [3.05, 3.63) is 78.9 Å². The second-order valence-corrected chi connectivity index (χ2v) is 7.65. The molecule has 1 fully saturated rings. The minimum Gasteiger partial charge on any atom is -0.497 e. The van der Waals surface area contributed by atoms with E-state index in [9.17, 15) is 4.79 Å². The van der Waals surface area contributed by atoms with Gasteiger partial charge in [0.1, 0.15) is 17.3 Å². The summed E-state index contributed by atoms with van der Waals surface area (Å²) >= 11 is 0. The maximum absolute atomic E-state index is 13.2. The Morgan fingerprint density at radius 3 is 2.47 bits per heavy atom. The molecule has 1 saturated heterocycles. The van der Waals surface area contributed by atoms with Gasteiger partial charge in [-0.25, -0.2) is 9.97 Å². The fraction of sp³-hybridized carbons (Fsp3) is 0.200. The van der Waals surface area contributed by atoms with Crippen molar-refractivity contribution < 1.29 is 9.53 Å². The molecule has 3 aromatic heterocycles. The highest BCUT2D eigenvalue weighted by Gasteiger charge is 2.24. The van der Waals surface area contributed by atoms with Gasteiger partial charge in [0.15, 0.2) is 0 Å². The van der Waals surface area contributed by atoms with E-state index in [1.165, 1.54) is 0 Å². The van der Waals surface area contributed by atoms with Gasteiger partial charge in [-0.3, -0.25) is 9.78 Å². The van der Waals surface area contributed by atoms with Crippen LogP contribution in [0.1, 0.15) is 10.5 Å². The fourth-order valence-electron chi connectivity index (χ4n) is 3.99. The summed E-state index contributed by atoms with van der Waals surface area (Å²) in [5.41, 5.74) is 3.08. The summed E-state index contributed by atoms with van der Waals surface area (Å²) in [6, 6.07) is 17.4. The van der Waals surface area contributed by atoms with E-state index in [4.69, 9.17) is 9.72 Å². The maximum Gasteiger partial charge on any atom is 0.272 e. The molecule has 1 aliphatic rings. The first-order valence-electron chi connectivity index (χ1n) is 10.6. The van der Waals surface area contributed by atoms with Crippen molar-refractivity contribution in [1.29, 1.82) is 0 Å². The van der Waals surface area contributed by atoms with E-state index < -0.39 is 0 Å². The predicted octanol–water partition coefficient (Wildman–Crippen LogP) is 3.66. The number of aromatic nitrogens is 3. The van der Waals surface area contributed by atoms with Crippen molar-refractivity contribution in [1.82, 2.24) is 19.9 Å². The molecule has 7 heteroatoms. The molecule has 160 valence electrons. The van der Waals surface area contributed by atoms with Crippen LogP contribution in [0.2, 0.25) is 0 Å². The second kappa shape index (κ2) is 8.63. The number of nitrogens with zero attached hydrogens (tertiary/aromatic N) is 5. The Morgan fingerprint density at radius 2 is 1.75 bits per heavy atom. The Kier molecular flexibility index (Phi) is 5.37. The summed E-state index contributed by atoms with van der Waals surface area (Å²) in [7, 11) is 1.64. The molecule has 4 heterocycles. The number of piperazine rings is 1. The molecule has 0 bridgehead atoms. The molecule has 1 amide bonds. The van der Waals surface area contributed by atoms with E-state index in [0.717, 1.165) is 46.7 Å². The van der Waals surface area contributed by atoms with Crippen LogP contribution in [0.15, 0.2) is 73.2 Å². The molecule has 0 saturated carbocycles. The number of ether oxygens (including phenoxy) is 1. The average Bonchev–Trinajstić information content (AvgIpc) is 2.88. The number of anilines is 1. The Morgan fingerprint density at radius 1 is 0.938 bits per heavy atom. The highest BCUT2D eigenvalue weighted by molar-refractivity contribution is 5.98. The number of pyridine rings is 3. The summed E-state index contributed by atoms with van der Waals surface area (Å²) in [4.78, 5) is 30.8. The summed E-state index contributed by atoms with van der Waals surface area (Å²) < 4.78 is 5.26. The van der Waals surface area contributed by atoms with Crippen molar-refractivity contribution in [3.63, 3.8) is 0 Å². The Labute approximate surface area is 186 Å². The molecule has 32 heavy (non-hydrogen) atoms. The SMILES string of the molecule is COc1ccc(-c2cncc3ccc(C(=O)N4CCN(c5ccccn5)CC4)nc23)cc1. The predicted molar refractivity (Wildman–Crippen MR) is 124 cm³/mol. The molecule has 4 aromatic rings. The number of methoxy groups -OCH3 is 1. The molecule has 0 radical (unpaired) electrons. The third-order valence-electron chi connectivity index (χ3n) is 5.76. The number of amides is 1. The lowest BCUT2D eigenvalue weighted by molar-refractivity contribution is 0.0741. The largest absolute Gasteiger partial charge is 0.497 e. The molecule has 0 unspecified atom stereocenters. The van der Waals surface area contributed by atoms with Crippen molar-refractivity contribution >= 4 is 22.6 Å². The smallest absolute Gasteiger partial charge is 0.272 e. The van der Waals surface area contributed by atoms with Crippen LogP contribution in [0.5, 0.6) is 5.75 Å². The van der Waals surface area contributed by atoms with Crippen LogP contribution in [-0.2, 0) is 0 Å². The lowest BCUT2D eigenvalue weighted by Gasteiger charge is -2.35. The van der Waals surface area contributed by atoms with Gasteiger partial charge in [0.05, 0.1) is 12.6 Å². The number of benzene rings is 1. The lowest BCUT2D eigenvalue weighted by atomic mass is 10.0. The zero-order valence-corrected chi connectivity index (χ0v) is 17.8. The zero-order valence-electron chi connectivity index (χ0n) is 17.8. The molecule has 1 aliphatic heterocycles. The Balaban J connectivity index is 1.39. The van der Waals surface area contributed by atoms with Gasteiger partial charge in [-0.1, -0.05) is 18.2 Å². The number of carbonyl (C=O) groups excluding carboxylic acids is 1. The van der Waals surface area contributed by atoms with Gasteiger partial charge in [0.25, 0.3) is 5.91 Å². The summed E-state index contributed by atoms with van der Waals surface area (Å²) in [6.07, 6.45) is 5.35. The van der Waals surface area contributed by atoms with Gasteiger partial charge in [-0.2, -0.15) is 0 Å². The quantitative estimate of drug-likeness (QED) is 0.497. The average molecular weight is 425 g/mol. The molecule has 0 aliphatic carbocycles. The van der Waals surface area contributed by atoms with E-state index in [1.807, 2.05) is 53.4 Å². The highest BCUT2D eigenvalue weighted by atomic mass is 16.5. The van der Waals surface area contributed by atoms with Gasteiger partial charge in [0.2, 0.25) is 0 Å². The number of hydrogen-bond acceptors (Lipinski definition) is 6. The lowest BCUT2D eigenvalue weighted by Crippen LogP contribution is -2.49. The van der Waals surface area contributed by atoms with Gasteiger partial charge in [0, 0.05) is 55.7 Å². The van der Waals surface area contributed by atoms with E-state index in [1.54, 1.807) is 31.8 Å². The number of fused-ring (bicyclic) bond motifs is 1. The summed E-state index contributed by atoms with van der Waals surface area (Å²) in [6.45, 7) is 2.77. The van der Waals surface area contributed by atoms with E-state index in [-0.39, 0.29) is 5.91 Å². The molecule has 0 spiro atoms. The van der Waals surface area contributed by atoms with Crippen LogP contribution < -0.4 is 9.64 Å². The van der Waals surface area contributed by atoms with Crippen LogP contribution in [0.25, 0.3) is 22.0 Å². The topological polar surface area (TPSA) is 71.5 Å². The van der Waals surface area contributed by atoms with Crippen molar-refractivity contribution in [2.45, 2.75) is 0 Å². The monoisotopic (exact) mass is 425 g/mol. The first-order valence-corrected chi connectivity index (χ1v) is 10.6. The third kappa shape index (κ3) is 3.85. The number of rotatable bonds is 4. The molecular weight excluding hydrogens is 402 g/mol. The van der Waals surface area contributed by atoms with Crippen LogP contribution >= 0.6 is 0 Å². The molecule has 5 rings (SSSR count). The summed E-state index contributed by atoms with van der Waals surface area (Å²) in [5.74, 6) is 1.68. The highest BCUT2D eigenvalue weighted by Crippen LogP contribution is 2.28. The molecule has 7 nitrogen and oxygen atoms in total. The molecule has 1 aromatic carbocycles. The number of carbonyl (C=O) groups is 1. The minimum absolute atomic E-state index is 0.0509. The fourth-order valence-corrected chi connectivity index (χ4v) is 3.99. The van der Waals surface area contributed by atoms with Gasteiger partial charge in [-0.15, -0.1) is 0 Å². The van der Waals surface area contributed by atoms with Gasteiger partial charge < -0.3 is 14.5 Å². The maximum atomic E-state index is 13.2. The summed E-state index contributed by atoms with van der Waals surface area (Å²) in [5, 5.41) is 0.898. The third-order valence-corrected chi connectivity index (χ3v) is 5.76. The van der Waals surface area contributed by atoms with Crippen LogP contribution in [0.3, 0.4) is 0 Å². The van der Waals surface area contributed by atoms with Crippen molar-refractivity contribution in [2.75, 3.05) is 38.2 Å². The van der Waals surface area contributed by atoms with Gasteiger partial charge in [-0.05, 0) is 42.0 Å².